The molecule has 2 aromatic heterocycles. The number of aromatic nitrogens is 3. The number of pyridine rings is 1. The molecule has 1 aliphatic carbocycles. The zero-order valence-corrected chi connectivity index (χ0v) is 22.7. The highest BCUT2D eigenvalue weighted by atomic mass is 35.5. The van der Waals surface area contributed by atoms with Crippen LogP contribution < -0.4 is 10.6 Å². The molecule has 1 unspecified atom stereocenters. The minimum atomic E-state index is -0.570. The van der Waals surface area contributed by atoms with Crippen LogP contribution in [0, 0.1) is 24.6 Å². The normalized spacial score (nSPS) is 20.7. The lowest BCUT2D eigenvalue weighted by atomic mass is 9.91. The van der Waals surface area contributed by atoms with Crippen LogP contribution in [-0.4, -0.2) is 58.5 Å². The Hall–Kier alpha value is -3.78. The van der Waals surface area contributed by atoms with Gasteiger partial charge in [-0.15, -0.1) is 0 Å². The highest BCUT2D eigenvalue weighted by molar-refractivity contribution is 6.34. The number of carbonyl (C=O) groups excluding carboxylic acids is 2. The summed E-state index contributed by atoms with van der Waals surface area (Å²) in [6, 6.07) is 7.73. The van der Waals surface area contributed by atoms with E-state index in [0.717, 1.165) is 31.2 Å². The molecule has 0 radical (unpaired) electrons. The third kappa shape index (κ3) is 6.67. The number of hydrogen-bond donors (Lipinski definition) is 2. The second-order valence-electron chi connectivity index (χ2n) is 9.83. The number of benzene rings is 1. The Balaban J connectivity index is 1.20. The van der Waals surface area contributed by atoms with Crippen LogP contribution in [0.5, 0.6) is 0 Å². The molecule has 2 aliphatic rings. The monoisotopic (exact) mass is 565 g/mol. The fourth-order valence-electron chi connectivity index (χ4n) is 4.85. The van der Waals surface area contributed by atoms with Crippen molar-refractivity contribution < 1.29 is 23.5 Å². The number of nitrogens with zero attached hydrogens (tertiary/aromatic N) is 3. The number of amides is 2. The molecule has 0 bridgehead atoms. The first-order chi connectivity index (χ1) is 19.4. The number of ether oxygens (including phenoxy) is 2. The summed E-state index contributed by atoms with van der Waals surface area (Å²) >= 11 is 6.39. The predicted molar refractivity (Wildman–Crippen MR) is 147 cm³/mol. The SMILES string of the molecule is Cc1cc(C#Cc2ccc(F)cc2)cnc1NC(=O)c1c(Cl)cnn1C1CCC(NC(=O)C2COCCO2)CC1. The number of rotatable bonds is 5. The first kappa shape index (κ1) is 27.8. The molecule has 1 saturated carbocycles. The number of carbonyl (C=O) groups is 2. The van der Waals surface area contributed by atoms with Crippen molar-refractivity contribution in [2.45, 2.75) is 50.8 Å². The van der Waals surface area contributed by atoms with Crippen LogP contribution in [0.2, 0.25) is 5.02 Å². The van der Waals surface area contributed by atoms with Gasteiger partial charge in [-0.05, 0) is 68.5 Å². The van der Waals surface area contributed by atoms with Crippen molar-refractivity contribution >= 4 is 29.2 Å². The number of halogens is 2. The molecule has 2 N–H and O–H groups in total. The molecule has 0 spiro atoms. The minimum Gasteiger partial charge on any atom is -0.376 e. The van der Waals surface area contributed by atoms with E-state index in [1.165, 1.54) is 18.3 Å². The summed E-state index contributed by atoms with van der Waals surface area (Å²) in [6.07, 6.45) is 5.40. The van der Waals surface area contributed by atoms with Gasteiger partial charge < -0.3 is 20.1 Å². The van der Waals surface area contributed by atoms with E-state index < -0.39 is 12.0 Å². The van der Waals surface area contributed by atoms with Gasteiger partial charge in [0.1, 0.15) is 17.3 Å². The summed E-state index contributed by atoms with van der Waals surface area (Å²) in [5, 5.41) is 10.5. The Bertz CT molecular complexity index is 1430. The Morgan fingerprint density at radius 3 is 2.52 bits per heavy atom. The average Bonchev–Trinajstić information content (AvgIpc) is 3.36. The van der Waals surface area contributed by atoms with Crippen LogP contribution in [0.15, 0.2) is 42.7 Å². The lowest BCUT2D eigenvalue weighted by Crippen LogP contribution is -2.47. The molecule has 3 aromatic rings. The Morgan fingerprint density at radius 1 is 1.07 bits per heavy atom. The molecular weight excluding hydrogens is 537 g/mol. The van der Waals surface area contributed by atoms with E-state index in [1.54, 1.807) is 23.0 Å². The van der Waals surface area contributed by atoms with Gasteiger partial charge in [-0.25, -0.2) is 9.37 Å². The highest BCUT2D eigenvalue weighted by Gasteiger charge is 2.30. The largest absolute Gasteiger partial charge is 0.376 e. The van der Waals surface area contributed by atoms with Crippen LogP contribution in [0.3, 0.4) is 0 Å². The maximum Gasteiger partial charge on any atom is 0.276 e. The predicted octanol–water partition coefficient (Wildman–Crippen LogP) is 4.05. The molecule has 9 nitrogen and oxygen atoms in total. The maximum atomic E-state index is 13.3. The van der Waals surface area contributed by atoms with Gasteiger partial charge in [-0.2, -0.15) is 5.10 Å². The molecule has 1 saturated heterocycles. The van der Waals surface area contributed by atoms with Gasteiger partial charge in [0.15, 0.2) is 6.10 Å². The van der Waals surface area contributed by atoms with Gasteiger partial charge in [0.2, 0.25) is 0 Å². The smallest absolute Gasteiger partial charge is 0.276 e. The molecule has 3 heterocycles. The standard InChI is InChI=1S/C29H29ClFN5O4/c1-18-14-20(3-2-19-4-6-21(31)7-5-19)15-32-27(18)35-29(38)26-24(30)16-33-36(26)23-10-8-22(9-11-23)34-28(37)25-17-39-12-13-40-25/h4-7,14-16,22-23,25H,8-13,17H2,1H3,(H,34,37)(H,32,35,38). The Labute approximate surface area is 236 Å². The number of aryl methyl sites for hydroxylation is 1. The lowest BCUT2D eigenvalue weighted by molar-refractivity contribution is -0.148. The van der Waals surface area contributed by atoms with Crippen molar-refractivity contribution in [2.24, 2.45) is 0 Å². The Morgan fingerprint density at radius 2 is 1.82 bits per heavy atom. The van der Waals surface area contributed by atoms with Gasteiger partial charge >= 0.3 is 0 Å². The molecule has 208 valence electrons. The summed E-state index contributed by atoms with van der Waals surface area (Å²) in [4.78, 5) is 30.1. The van der Waals surface area contributed by atoms with Crippen LogP contribution >= 0.6 is 11.6 Å². The van der Waals surface area contributed by atoms with Gasteiger partial charge in [0, 0.05) is 23.4 Å². The van der Waals surface area contributed by atoms with Crippen molar-refractivity contribution in [2.75, 3.05) is 25.1 Å². The molecule has 1 atom stereocenters. The topological polar surface area (TPSA) is 107 Å². The zero-order valence-electron chi connectivity index (χ0n) is 22.0. The summed E-state index contributed by atoms with van der Waals surface area (Å²) in [7, 11) is 0. The fourth-order valence-corrected chi connectivity index (χ4v) is 5.06. The average molecular weight is 566 g/mol. The molecule has 1 aromatic carbocycles. The summed E-state index contributed by atoms with van der Waals surface area (Å²) < 4.78 is 25.6. The third-order valence-electron chi connectivity index (χ3n) is 6.97. The van der Waals surface area contributed by atoms with Crippen molar-refractivity contribution in [3.05, 3.63) is 75.9 Å². The van der Waals surface area contributed by atoms with Crippen LogP contribution in [-0.2, 0) is 14.3 Å². The van der Waals surface area contributed by atoms with E-state index in [9.17, 15) is 14.0 Å². The van der Waals surface area contributed by atoms with Crippen molar-refractivity contribution in [3.8, 4) is 11.8 Å². The first-order valence-corrected chi connectivity index (χ1v) is 13.5. The van der Waals surface area contributed by atoms with Gasteiger partial charge in [0.25, 0.3) is 11.8 Å². The first-order valence-electron chi connectivity index (χ1n) is 13.2. The summed E-state index contributed by atoms with van der Waals surface area (Å²) in [6.45, 7) is 3.02. The molecular formula is C29H29ClFN5O4. The third-order valence-corrected chi connectivity index (χ3v) is 7.25. The summed E-state index contributed by atoms with van der Waals surface area (Å²) in [5.74, 6) is 5.48. The zero-order chi connectivity index (χ0) is 28.1. The number of nitrogens with one attached hydrogen (secondary N) is 2. The Kier molecular flexibility index (Phi) is 8.75. The summed E-state index contributed by atoms with van der Waals surface area (Å²) in [5.41, 5.74) is 2.34. The van der Waals surface area contributed by atoms with Crippen LogP contribution in [0.1, 0.15) is 58.9 Å². The van der Waals surface area contributed by atoms with E-state index in [0.29, 0.717) is 30.2 Å². The maximum absolute atomic E-state index is 13.3. The van der Waals surface area contributed by atoms with E-state index in [2.05, 4.69) is 32.6 Å². The van der Waals surface area contributed by atoms with E-state index in [4.69, 9.17) is 21.1 Å². The molecule has 5 rings (SSSR count). The van der Waals surface area contributed by atoms with Gasteiger partial charge in [-0.1, -0.05) is 23.4 Å². The second kappa shape index (κ2) is 12.6. The van der Waals surface area contributed by atoms with Crippen LogP contribution in [0.4, 0.5) is 10.2 Å². The molecule has 2 amide bonds. The number of anilines is 1. The quantitative estimate of drug-likeness (QED) is 0.452. The minimum absolute atomic E-state index is 0.0223. The van der Waals surface area contributed by atoms with E-state index >= 15 is 0 Å². The fraction of sp³-hybridized carbons (Fsp3) is 0.379. The van der Waals surface area contributed by atoms with Crippen LogP contribution in [0.25, 0.3) is 0 Å². The number of hydrogen-bond acceptors (Lipinski definition) is 6. The lowest BCUT2D eigenvalue weighted by Gasteiger charge is -2.31. The molecule has 1 aliphatic heterocycles. The highest BCUT2D eigenvalue weighted by Crippen LogP contribution is 2.31. The molecule has 40 heavy (non-hydrogen) atoms. The van der Waals surface area contributed by atoms with Gasteiger partial charge in [-0.3, -0.25) is 14.3 Å². The van der Waals surface area contributed by atoms with Crippen molar-refractivity contribution in [1.82, 2.24) is 20.1 Å². The molecule has 2 fully saturated rings. The van der Waals surface area contributed by atoms with Gasteiger partial charge in [0.05, 0.1) is 37.1 Å². The van der Waals surface area contributed by atoms with E-state index in [1.807, 2.05) is 13.0 Å². The molecule has 11 heteroatoms. The second-order valence-corrected chi connectivity index (χ2v) is 10.2. The van der Waals surface area contributed by atoms with E-state index in [-0.39, 0.29) is 41.1 Å². The van der Waals surface area contributed by atoms with Crippen molar-refractivity contribution in [1.29, 1.82) is 0 Å². The van der Waals surface area contributed by atoms with Crippen molar-refractivity contribution in [3.63, 3.8) is 0 Å².